The average Bonchev–Trinajstić information content (AvgIpc) is 3.12. The van der Waals surface area contributed by atoms with E-state index in [0.717, 1.165) is 17.7 Å². The van der Waals surface area contributed by atoms with Crippen molar-refractivity contribution in [3.63, 3.8) is 0 Å². The molecule has 1 saturated heterocycles. The predicted octanol–water partition coefficient (Wildman–Crippen LogP) is 4.44. The molecule has 1 aliphatic heterocycles. The van der Waals surface area contributed by atoms with Gasteiger partial charge in [0.25, 0.3) is 0 Å². The number of rotatable bonds is 3. The van der Waals surface area contributed by atoms with Gasteiger partial charge in [-0.25, -0.2) is 0 Å². The van der Waals surface area contributed by atoms with Gasteiger partial charge in [0.2, 0.25) is 0 Å². The van der Waals surface area contributed by atoms with Gasteiger partial charge in [-0.15, -0.1) is 11.8 Å². The van der Waals surface area contributed by atoms with Crippen molar-refractivity contribution in [2.24, 2.45) is 5.41 Å². The molecule has 24 heavy (non-hydrogen) atoms. The number of benzene rings is 1. The second-order valence-corrected chi connectivity index (χ2v) is 8.81. The highest BCUT2D eigenvalue weighted by Crippen LogP contribution is 2.64. The van der Waals surface area contributed by atoms with Crippen LogP contribution >= 0.6 is 11.8 Å². The molecule has 1 N–H and O–H groups in total. The molecule has 0 amide bonds. The summed E-state index contributed by atoms with van der Waals surface area (Å²) >= 11 is 1.81. The molecule has 3 heteroatoms. The molecule has 1 saturated carbocycles. The SMILES string of the molecule is C/C(C#C[C@@]12O[C@]1(C)C[C@@H](O)CC2(C)C)=C/CSc1ccccc1. The van der Waals surface area contributed by atoms with E-state index in [1.54, 1.807) is 0 Å². The summed E-state index contributed by atoms with van der Waals surface area (Å²) in [7, 11) is 0. The van der Waals surface area contributed by atoms with Crippen molar-refractivity contribution in [1.82, 2.24) is 0 Å². The normalized spacial score (nSPS) is 34.0. The van der Waals surface area contributed by atoms with Crippen LogP contribution in [0.2, 0.25) is 0 Å². The molecule has 0 unspecified atom stereocenters. The summed E-state index contributed by atoms with van der Waals surface area (Å²) in [5, 5.41) is 10.1. The molecular formula is C21H26O2S. The van der Waals surface area contributed by atoms with Gasteiger partial charge in [-0.1, -0.05) is 50.0 Å². The molecule has 0 radical (unpaired) electrons. The van der Waals surface area contributed by atoms with E-state index < -0.39 is 5.60 Å². The third-order valence-electron chi connectivity index (χ3n) is 5.22. The third kappa shape index (κ3) is 3.16. The summed E-state index contributed by atoms with van der Waals surface area (Å²) in [6.45, 7) is 8.44. The molecule has 2 fully saturated rings. The van der Waals surface area contributed by atoms with E-state index >= 15 is 0 Å². The second kappa shape index (κ2) is 6.26. The van der Waals surface area contributed by atoms with Crippen LogP contribution in [0.25, 0.3) is 0 Å². The molecule has 2 aliphatic rings. The fraction of sp³-hybridized carbons (Fsp3) is 0.524. The Bertz CT molecular complexity index is 698. The van der Waals surface area contributed by atoms with E-state index in [9.17, 15) is 5.11 Å². The highest BCUT2D eigenvalue weighted by atomic mass is 32.2. The smallest absolute Gasteiger partial charge is 0.163 e. The number of allylic oxidation sites excluding steroid dienone is 1. The van der Waals surface area contributed by atoms with Crippen molar-refractivity contribution in [2.45, 2.75) is 62.7 Å². The standard InChI is InChI=1S/C21H26O2S/c1-16(11-13-24-18-8-6-5-7-9-18)10-12-21-19(2,3)14-17(22)15-20(21,4)23-21/h5-9,11,17,22H,13-15H2,1-4H3/b16-11-/t17-,20+,21-/m0/s1. The summed E-state index contributed by atoms with van der Waals surface area (Å²) in [6.07, 6.45) is 3.30. The van der Waals surface area contributed by atoms with Crippen molar-refractivity contribution >= 4 is 11.8 Å². The molecule has 0 aromatic heterocycles. The maximum Gasteiger partial charge on any atom is 0.163 e. The maximum atomic E-state index is 10.1. The highest BCUT2D eigenvalue weighted by Gasteiger charge is 2.75. The Hall–Kier alpha value is -1.21. The van der Waals surface area contributed by atoms with Crippen LogP contribution in [0, 0.1) is 17.3 Å². The van der Waals surface area contributed by atoms with Gasteiger partial charge < -0.3 is 9.84 Å². The highest BCUT2D eigenvalue weighted by molar-refractivity contribution is 7.99. The van der Waals surface area contributed by atoms with Crippen LogP contribution in [0.5, 0.6) is 0 Å². The van der Waals surface area contributed by atoms with Crippen molar-refractivity contribution in [3.8, 4) is 11.8 Å². The first-order valence-corrected chi connectivity index (χ1v) is 9.53. The largest absolute Gasteiger partial charge is 0.393 e. The van der Waals surface area contributed by atoms with E-state index in [2.05, 4.69) is 69.9 Å². The fourth-order valence-corrected chi connectivity index (χ4v) is 4.83. The van der Waals surface area contributed by atoms with Crippen molar-refractivity contribution in [2.75, 3.05) is 5.75 Å². The number of aliphatic hydroxyl groups excluding tert-OH is 1. The van der Waals surface area contributed by atoms with E-state index in [4.69, 9.17) is 4.74 Å². The van der Waals surface area contributed by atoms with Crippen LogP contribution in [0.15, 0.2) is 46.9 Å². The van der Waals surface area contributed by atoms with Gasteiger partial charge in [0.15, 0.2) is 5.60 Å². The molecule has 0 spiro atoms. The zero-order valence-electron chi connectivity index (χ0n) is 14.9. The zero-order chi connectivity index (χ0) is 17.4. The Morgan fingerprint density at radius 1 is 1.29 bits per heavy atom. The minimum Gasteiger partial charge on any atom is -0.393 e. The minimum absolute atomic E-state index is 0.133. The van der Waals surface area contributed by atoms with Gasteiger partial charge in [0.1, 0.15) is 5.60 Å². The number of thioether (sulfide) groups is 1. The van der Waals surface area contributed by atoms with Crippen molar-refractivity contribution in [1.29, 1.82) is 0 Å². The molecule has 0 bridgehead atoms. The lowest BCUT2D eigenvalue weighted by molar-refractivity contribution is 0.0542. The Morgan fingerprint density at radius 2 is 2.00 bits per heavy atom. The van der Waals surface area contributed by atoms with Crippen LogP contribution < -0.4 is 0 Å². The van der Waals surface area contributed by atoms with Gasteiger partial charge >= 0.3 is 0 Å². The minimum atomic E-state index is -0.416. The van der Waals surface area contributed by atoms with E-state index in [-0.39, 0.29) is 17.1 Å². The number of epoxide rings is 1. The van der Waals surface area contributed by atoms with Gasteiger partial charge in [0.05, 0.1) is 6.10 Å². The maximum absolute atomic E-state index is 10.1. The van der Waals surface area contributed by atoms with Gasteiger partial charge in [-0.05, 0) is 38.0 Å². The van der Waals surface area contributed by atoms with Gasteiger partial charge in [0, 0.05) is 22.5 Å². The molecule has 1 aliphatic carbocycles. The molecule has 1 aromatic rings. The number of hydrogen-bond donors (Lipinski definition) is 1. The monoisotopic (exact) mass is 342 g/mol. The number of ether oxygens (including phenoxy) is 1. The van der Waals surface area contributed by atoms with Gasteiger partial charge in [-0.3, -0.25) is 0 Å². The van der Waals surface area contributed by atoms with E-state index in [1.165, 1.54) is 4.90 Å². The first kappa shape index (κ1) is 17.6. The van der Waals surface area contributed by atoms with E-state index in [0.29, 0.717) is 6.42 Å². The van der Waals surface area contributed by atoms with Crippen molar-refractivity contribution < 1.29 is 9.84 Å². The summed E-state index contributed by atoms with van der Waals surface area (Å²) < 4.78 is 6.10. The molecule has 3 rings (SSSR count). The average molecular weight is 343 g/mol. The predicted molar refractivity (Wildman–Crippen MR) is 99.9 cm³/mol. The Morgan fingerprint density at radius 3 is 2.67 bits per heavy atom. The Kier molecular flexibility index (Phi) is 4.59. The van der Waals surface area contributed by atoms with Crippen LogP contribution in [0.1, 0.15) is 40.5 Å². The first-order chi connectivity index (χ1) is 11.3. The summed E-state index contributed by atoms with van der Waals surface area (Å²) in [5.41, 5.74) is 0.222. The molecule has 1 aromatic carbocycles. The Labute approximate surface area is 149 Å². The first-order valence-electron chi connectivity index (χ1n) is 8.54. The summed E-state index contributed by atoms with van der Waals surface area (Å²) in [6, 6.07) is 10.4. The Balaban J connectivity index is 1.67. The lowest BCUT2D eigenvalue weighted by atomic mass is 9.63. The quantitative estimate of drug-likeness (QED) is 0.501. The lowest BCUT2D eigenvalue weighted by Gasteiger charge is -2.37. The van der Waals surface area contributed by atoms with Gasteiger partial charge in [-0.2, -0.15) is 0 Å². The fourth-order valence-electron chi connectivity index (χ4n) is 3.95. The number of fused-ring (bicyclic) bond motifs is 1. The summed E-state index contributed by atoms with van der Waals surface area (Å²) in [4.78, 5) is 1.27. The summed E-state index contributed by atoms with van der Waals surface area (Å²) in [5.74, 6) is 7.63. The van der Waals surface area contributed by atoms with Crippen LogP contribution in [0.4, 0.5) is 0 Å². The molecule has 128 valence electrons. The third-order valence-corrected chi connectivity index (χ3v) is 6.16. The van der Waals surface area contributed by atoms with Crippen LogP contribution in [-0.4, -0.2) is 28.2 Å². The van der Waals surface area contributed by atoms with Crippen molar-refractivity contribution in [3.05, 3.63) is 42.0 Å². The molecular weight excluding hydrogens is 316 g/mol. The van der Waals surface area contributed by atoms with Crippen LogP contribution in [0.3, 0.4) is 0 Å². The number of hydrogen-bond acceptors (Lipinski definition) is 3. The van der Waals surface area contributed by atoms with E-state index in [1.807, 2.05) is 17.8 Å². The lowest BCUT2D eigenvalue weighted by Crippen LogP contribution is -2.46. The second-order valence-electron chi connectivity index (χ2n) is 7.72. The molecule has 3 atom stereocenters. The molecule has 2 nitrogen and oxygen atoms in total. The topological polar surface area (TPSA) is 32.8 Å². The van der Waals surface area contributed by atoms with Crippen LogP contribution in [-0.2, 0) is 4.74 Å². The molecule has 1 heterocycles. The number of aliphatic hydroxyl groups is 1. The zero-order valence-corrected chi connectivity index (χ0v) is 15.7.